The molecule has 6 aliphatic rings. The number of benzene rings is 4. The summed E-state index contributed by atoms with van der Waals surface area (Å²) < 4.78 is 91.6. The normalized spacial score (nSPS) is 27.1. The molecular weight excluding hydrogens is 703 g/mol. The Labute approximate surface area is 298 Å². The van der Waals surface area contributed by atoms with E-state index in [-0.39, 0.29) is 14.7 Å². The number of nitrogens with zero attached hydrogens (tertiary/aromatic N) is 3. The lowest BCUT2D eigenvalue weighted by Gasteiger charge is -2.25. The van der Waals surface area contributed by atoms with Crippen LogP contribution in [0.5, 0.6) is 0 Å². The number of sulfonamides is 3. The third-order valence-corrected chi connectivity index (χ3v) is 17.0. The van der Waals surface area contributed by atoms with Crippen LogP contribution in [0, 0.1) is 20.8 Å². The van der Waals surface area contributed by atoms with E-state index < -0.39 is 66.3 Å². The van der Waals surface area contributed by atoms with Crippen LogP contribution in [0.15, 0.2) is 124 Å². The molecule has 258 valence electrons. The van der Waals surface area contributed by atoms with Crippen LogP contribution >= 0.6 is 0 Å². The molecule has 4 aromatic carbocycles. The molecule has 0 aliphatic carbocycles. The lowest BCUT2D eigenvalue weighted by atomic mass is 9.76. The summed E-state index contributed by atoms with van der Waals surface area (Å²) in [7, 11) is -12.1. The van der Waals surface area contributed by atoms with Gasteiger partial charge in [0.2, 0.25) is 30.1 Å². The van der Waals surface area contributed by atoms with Crippen molar-refractivity contribution in [3.63, 3.8) is 0 Å². The third-order valence-electron chi connectivity index (χ3n) is 11.4. The summed E-state index contributed by atoms with van der Waals surface area (Å²) in [6.07, 6.45) is 11.4. The Kier molecular flexibility index (Phi) is 6.34. The van der Waals surface area contributed by atoms with E-state index >= 15 is 0 Å². The fourth-order valence-corrected chi connectivity index (χ4v) is 14.2. The third kappa shape index (κ3) is 3.97. The van der Waals surface area contributed by atoms with E-state index in [0.717, 1.165) is 50.1 Å². The lowest BCUT2D eigenvalue weighted by molar-refractivity contribution is 0.374. The first-order valence-electron chi connectivity index (χ1n) is 16.9. The molecule has 0 aromatic heterocycles. The Bertz CT molecular complexity index is 2270. The average molecular weight is 736 g/mol. The van der Waals surface area contributed by atoms with Crippen molar-refractivity contribution in [1.29, 1.82) is 0 Å². The number of rotatable bonds is 6. The zero-order valence-corrected chi connectivity index (χ0v) is 30.3. The summed E-state index contributed by atoms with van der Waals surface area (Å²) in [5.74, 6) is 0. The van der Waals surface area contributed by atoms with E-state index in [4.69, 9.17) is 0 Å². The van der Waals surface area contributed by atoms with Crippen molar-refractivity contribution >= 4 is 30.1 Å². The molecule has 0 saturated carbocycles. The SMILES string of the molecule is Cc1ccc(S(=O)(=O)N2[C@@H]3C=C[C@H]2c2c3c3c(c4c2[C@H]2C=C[C@@H]4N2S(=O)(=O)c2ccc(C)cc2)[C@H]2C=C[C@@H]3N2S(=O)(=O)c2ccc(C)cc2)cc1. The minimum absolute atomic E-state index is 0.169. The van der Waals surface area contributed by atoms with Crippen LogP contribution in [0.4, 0.5) is 0 Å². The molecule has 0 fully saturated rings. The molecule has 6 bridgehead atoms. The number of fused-ring (bicyclic) bond motifs is 18. The minimum Gasteiger partial charge on any atom is -0.207 e. The quantitative estimate of drug-likeness (QED) is 0.204. The summed E-state index contributed by atoms with van der Waals surface area (Å²) in [6.45, 7) is 5.70. The van der Waals surface area contributed by atoms with Gasteiger partial charge in [0.15, 0.2) is 0 Å². The fourth-order valence-electron chi connectivity index (χ4n) is 9.18. The van der Waals surface area contributed by atoms with Gasteiger partial charge in [0.05, 0.1) is 50.9 Å². The molecule has 6 atom stereocenters. The van der Waals surface area contributed by atoms with Gasteiger partial charge >= 0.3 is 0 Å². The van der Waals surface area contributed by atoms with Crippen molar-refractivity contribution in [2.45, 2.75) is 71.7 Å². The van der Waals surface area contributed by atoms with Crippen LogP contribution in [0.2, 0.25) is 0 Å². The zero-order valence-electron chi connectivity index (χ0n) is 27.9. The molecule has 10 rings (SSSR count). The van der Waals surface area contributed by atoms with Crippen molar-refractivity contribution in [2.75, 3.05) is 0 Å². The Balaban J connectivity index is 1.20. The predicted molar refractivity (Wildman–Crippen MR) is 191 cm³/mol. The van der Waals surface area contributed by atoms with Gasteiger partial charge in [-0.1, -0.05) is 89.5 Å². The van der Waals surface area contributed by atoms with Gasteiger partial charge in [-0.05, 0) is 90.6 Å². The van der Waals surface area contributed by atoms with Gasteiger partial charge in [-0.3, -0.25) is 0 Å². The maximum absolute atomic E-state index is 14.5. The lowest BCUT2D eigenvalue weighted by Crippen LogP contribution is -2.30. The van der Waals surface area contributed by atoms with Crippen molar-refractivity contribution in [3.8, 4) is 0 Å². The van der Waals surface area contributed by atoms with E-state index in [9.17, 15) is 25.3 Å². The average Bonchev–Trinajstić information content (AvgIpc) is 3.96. The van der Waals surface area contributed by atoms with Crippen LogP contribution in [0.3, 0.4) is 0 Å². The number of aryl methyl sites for hydroxylation is 3. The summed E-state index contributed by atoms with van der Waals surface area (Å²) >= 11 is 0. The summed E-state index contributed by atoms with van der Waals surface area (Å²) in [6, 6.07) is 16.2. The summed E-state index contributed by atoms with van der Waals surface area (Å²) in [5, 5.41) is 0. The molecule has 51 heavy (non-hydrogen) atoms. The monoisotopic (exact) mass is 735 g/mol. The standard InChI is InChI=1S/C39H33N3O6S3/c1-22-4-10-25(11-5-22)49(43,44)40-28-16-17-29(40)35-34(28)36-30-18-20-32(41(30)50(45,46)26-12-6-23(2)7-13-26)38(36)39-33-21-19-31(37(35)39)42(33)51(47,48)27-14-8-24(3)9-15-27/h4-21,28-33H,1-3H3/t28-,29+,30+,31-,32-,33+. The first kappa shape index (κ1) is 31.6. The highest BCUT2D eigenvalue weighted by Crippen LogP contribution is 2.67. The summed E-state index contributed by atoms with van der Waals surface area (Å²) in [4.78, 5) is 0.508. The Hall–Kier alpha value is -4.17. The maximum atomic E-state index is 14.5. The van der Waals surface area contributed by atoms with Crippen LogP contribution in [0.1, 0.15) is 86.3 Å². The highest BCUT2D eigenvalue weighted by molar-refractivity contribution is 7.89. The first-order chi connectivity index (χ1) is 24.3. The van der Waals surface area contributed by atoms with E-state index in [2.05, 4.69) is 0 Å². The van der Waals surface area contributed by atoms with Crippen LogP contribution in [0.25, 0.3) is 0 Å². The van der Waals surface area contributed by atoms with Gasteiger partial charge in [-0.15, -0.1) is 0 Å². The largest absolute Gasteiger partial charge is 0.244 e. The molecule has 0 amide bonds. The molecule has 0 N–H and O–H groups in total. The Morgan fingerprint density at radius 2 is 0.510 bits per heavy atom. The van der Waals surface area contributed by atoms with E-state index in [1.165, 1.54) is 12.9 Å². The summed E-state index contributed by atoms with van der Waals surface area (Å²) in [5.41, 5.74) is 7.40. The van der Waals surface area contributed by atoms with Gasteiger partial charge in [-0.2, -0.15) is 12.9 Å². The molecular formula is C39H33N3O6S3. The van der Waals surface area contributed by atoms with Gasteiger partial charge in [0, 0.05) is 0 Å². The highest BCUT2D eigenvalue weighted by Gasteiger charge is 2.61. The van der Waals surface area contributed by atoms with Crippen molar-refractivity contribution < 1.29 is 25.3 Å². The molecule has 0 radical (unpaired) electrons. The van der Waals surface area contributed by atoms with E-state index in [0.29, 0.717) is 0 Å². The van der Waals surface area contributed by atoms with Crippen molar-refractivity contribution in [2.24, 2.45) is 0 Å². The first-order valence-corrected chi connectivity index (χ1v) is 21.2. The number of hydrogen-bond donors (Lipinski definition) is 0. The number of hydrogen-bond acceptors (Lipinski definition) is 6. The molecule has 12 heteroatoms. The molecule has 0 unspecified atom stereocenters. The topological polar surface area (TPSA) is 112 Å². The van der Waals surface area contributed by atoms with Crippen molar-refractivity contribution in [3.05, 3.63) is 159 Å². The minimum atomic E-state index is -4.03. The highest BCUT2D eigenvalue weighted by atomic mass is 32.2. The fraction of sp³-hybridized carbons (Fsp3) is 0.231. The predicted octanol–water partition coefficient (Wildman–Crippen LogP) is 6.68. The Morgan fingerprint density at radius 3 is 0.686 bits per heavy atom. The van der Waals surface area contributed by atoms with Crippen LogP contribution < -0.4 is 0 Å². The molecule has 0 spiro atoms. The van der Waals surface area contributed by atoms with E-state index in [1.807, 2.05) is 57.2 Å². The van der Waals surface area contributed by atoms with Crippen LogP contribution in [-0.2, 0) is 30.1 Å². The van der Waals surface area contributed by atoms with Gasteiger partial charge in [0.1, 0.15) is 0 Å². The second kappa shape index (κ2) is 10.2. The maximum Gasteiger partial charge on any atom is 0.244 e. The van der Waals surface area contributed by atoms with Gasteiger partial charge in [0.25, 0.3) is 0 Å². The molecule has 6 heterocycles. The second-order valence-corrected chi connectivity index (χ2v) is 19.8. The zero-order chi connectivity index (χ0) is 35.4. The molecule has 9 nitrogen and oxygen atoms in total. The van der Waals surface area contributed by atoms with E-state index in [1.54, 1.807) is 72.8 Å². The van der Waals surface area contributed by atoms with Crippen molar-refractivity contribution in [1.82, 2.24) is 12.9 Å². The smallest absolute Gasteiger partial charge is 0.207 e. The van der Waals surface area contributed by atoms with Gasteiger partial charge < -0.3 is 0 Å². The molecule has 4 aromatic rings. The Morgan fingerprint density at radius 1 is 0.333 bits per heavy atom. The second-order valence-electron chi connectivity index (χ2n) is 14.2. The molecule has 6 aliphatic heterocycles. The van der Waals surface area contributed by atoms with Crippen LogP contribution in [-0.4, -0.2) is 38.2 Å². The molecule has 0 saturated heterocycles. The van der Waals surface area contributed by atoms with Gasteiger partial charge in [-0.25, -0.2) is 25.3 Å².